The van der Waals surface area contributed by atoms with Crippen molar-refractivity contribution < 1.29 is 38.0 Å². The van der Waals surface area contributed by atoms with Crippen LogP contribution >= 0.6 is 0 Å². The third kappa shape index (κ3) is 7.21. The molecule has 12 heteroatoms. The van der Waals surface area contributed by atoms with Gasteiger partial charge in [-0.2, -0.15) is 0 Å². The topological polar surface area (TPSA) is 137 Å². The molecule has 0 saturated carbocycles. The summed E-state index contributed by atoms with van der Waals surface area (Å²) in [7, 11) is 4.73. The van der Waals surface area contributed by atoms with Gasteiger partial charge in [-0.15, -0.1) is 0 Å². The van der Waals surface area contributed by atoms with E-state index >= 15 is 0 Å². The Kier molecular flexibility index (Phi) is 11.1. The van der Waals surface area contributed by atoms with Crippen LogP contribution in [0.15, 0.2) is 101 Å². The van der Waals surface area contributed by atoms with Crippen molar-refractivity contribution in [2.24, 2.45) is 0 Å². The van der Waals surface area contributed by atoms with E-state index in [0.29, 0.717) is 11.5 Å². The molecule has 0 bridgehead atoms. The number of esters is 1. The number of aromatic amines is 1. The van der Waals surface area contributed by atoms with Crippen LogP contribution in [0, 0.1) is 0 Å². The van der Waals surface area contributed by atoms with Gasteiger partial charge in [-0.25, -0.2) is 4.79 Å². The molecular formula is C36H40N2O10. The SMILES string of the molecule is COCCO[C@@H]1[C@H](OC(C)=O)[C@@H]([C@H](C)OC(c2ccccc2)(c2ccc(OC)cc2)c2ccc(OC)cc2)O[C@H]1n1ccc(=O)[nH]c1=O. The van der Waals surface area contributed by atoms with Gasteiger partial charge in [-0.05, 0) is 47.9 Å². The first-order chi connectivity index (χ1) is 23.2. The van der Waals surface area contributed by atoms with E-state index < -0.39 is 53.5 Å². The molecule has 2 heterocycles. The molecule has 0 unspecified atom stereocenters. The van der Waals surface area contributed by atoms with Crippen molar-refractivity contribution in [3.63, 3.8) is 0 Å². The number of carbonyl (C=O) groups excluding carboxylic acids is 1. The number of methoxy groups -OCH3 is 3. The van der Waals surface area contributed by atoms with Crippen molar-refractivity contribution in [2.45, 2.75) is 50.1 Å². The predicted octanol–water partition coefficient (Wildman–Crippen LogP) is 3.81. The lowest BCUT2D eigenvalue weighted by atomic mass is 9.79. The summed E-state index contributed by atoms with van der Waals surface area (Å²) in [6.07, 6.45) is -3.48. The van der Waals surface area contributed by atoms with Crippen LogP contribution in [-0.2, 0) is 34.1 Å². The van der Waals surface area contributed by atoms with E-state index in [4.69, 9.17) is 33.2 Å². The van der Waals surface area contributed by atoms with Gasteiger partial charge < -0.3 is 33.2 Å². The molecule has 5 rings (SSSR count). The number of hydrogen-bond donors (Lipinski definition) is 1. The summed E-state index contributed by atoms with van der Waals surface area (Å²) in [5, 5.41) is 0. The van der Waals surface area contributed by atoms with Gasteiger partial charge in [0.2, 0.25) is 0 Å². The highest BCUT2D eigenvalue weighted by molar-refractivity contribution is 5.66. The van der Waals surface area contributed by atoms with Crippen molar-refractivity contribution in [1.82, 2.24) is 9.55 Å². The van der Waals surface area contributed by atoms with Gasteiger partial charge in [-0.3, -0.25) is 19.1 Å². The normalized spacial score (nSPS) is 19.9. The molecule has 1 aliphatic heterocycles. The van der Waals surface area contributed by atoms with Crippen LogP contribution < -0.4 is 20.7 Å². The van der Waals surface area contributed by atoms with Crippen molar-refractivity contribution in [1.29, 1.82) is 0 Å². The molecule has 12 nitrogen and oxygen atoms in total. The molecule has 1 fully saturated rings. The van der Waals surface area contributed by atoms with Crippen LogP contribution in [0.25, 0.3) is 0 Å². The number of aromatic nitrogens is 2. The third-order valence-corrected chi connectivity index (χ3v) is 8.25. The average Bonchev–Trinajstić information content (AvgIpc) is 3.44. The minimum absolute atomic E-state index is 0.116. The Hall–Kier alpha value is -4.75. The van der Waals surface area contributed by atoms with Crippen LogP contribution in [0.4, 0.5) is 0 Å². The first-order valence-electron chi connectivity index (χ1n) is 15.5. The summed E-state index contributed by atoms with van der Waals surface area (Å²) in [6.45, 7) is 3.46. The fourth-order valence-electron chi connectivity index (χ4n) is 6.04. The summed E-state index contributed by atoms with van der Waals surface area (Å²) < 4.78 is 43.1. The number of rotatable bonds is 14. The Bertz CT molecular complexity index is 1710. The minimum atomic E-state index is -1.22. The fourth-order valence-corrected chi connectivity index (χ4v) is 6.04. The predicted molar refractivity (Wildman–Crippen MR) is 175 cm³/mol. The molecule has 1 aliphatic rings. The fraction of sp³-hybridized carbons (Fsp3) is 0.361. The quantitative estimate of drug-likeness (QED) is 0.121. The number of nitrogens with one attached hydrogen (secondary N) is 1. The molecule has 4 aromatic rings. The van der Waals surface area contributed by atoms with Gasteiger partial charge in [0, 0.05) is 26.3 Å². The lowest BCUT2D eigenvalue weighted by Crippen LogP contribution is -2.47. The minimum Gasteiger partial charge on any atom is -0.497 e. The summed E-state index contributed by atoms with van der Waals surface area (Å²) >= 11 is 0. The average molecular weight is 661 g/mol. The summed E-state index contributed by atoms with van der Waals surface area (Å²) in [6, 6.07) is 26.1. The Balaban J connectivity index is 1.65. The highest BCUT2D eigenvalue weighted by Crippen LogP contribution is 2.45. The second-order valence-electron chi connectivity index (χ2n) is 11.2. The molecule has 1 N–H and O–H groups in total. The Morgan fingerprint density at radius 1 is 0.833 bits per heavy atom. The van der Waals surface area contributed by atoms with Crippen LogP contribution in [0.5, 0.6) is 11.5 Å². The van der Waals surface area contributed by atoms with E-state index in [1.165, 1.54) is 30.9 Å². The van der Waals surface area contributed by atoms with Crippen LogP contribution in [0.1, 0.15) is 36.8 Å². The van der Waals surface area contributed by atoms with E-state index in [2.05, 4.69) is 4.98 Å². The maximum absolute atomic E-state index is 13.0. The second-order valence-corrected chi connectivity index (χ2v) is 11.2. The van der Waals surface area contributed by atoms with E-state index in [-0.39, 0.29) is 13.2 Å². The summed E-state index contributed by atoms with van der Waals surface area (Å²) in [4.78, 5) is 39.7. The van der Waals surface area contributed by atoms with Gasteiger partial charge in [0.1, 0.15) is 29.3 Å². The first-order valence-corrected chi connectivity index (χ1v) is 15.5. The smallest absolute Gasteiger partial charge is 0.330 e. The molecule has 0 amide bonds. The van der Waals surface area contributed by atoms with Crippen molar-refractivity contribution in [3.8, 4) is 11.5 Å². The maximum Gasteiger partial charge on any atom is 0.330 e. The first kappa shape index (κ1) is 34.6. The maximum atomic E-state index is 13.0. The van der Waals surface area contributed by atoms with Gasteiger partial charge in [0.15, 0.2) is 12.3 Å². The molecule has 1 aromatic heterocycles. The molecule has 254 valence electrons. The van der Waals surface area contributed by atoms with Crippen molar-refractivity contribution >= 4 is 5.97 Å². The Labute approximate surface area is 278 Å². The monoisotopic (exact) mass is 660 g/mol. The molecular weight excluding hydrogens is 620 g/mol. The molecule has 3 aromatic carbocycles. The zero-order valence-electron chi connectivity index (χ0n) is 27.5. The molecule has 0 spiro atoms. The van der Waals surface area contributed by atoms with Gasteiger partial charge in [0.25, 0.3) is 5.56 Å². The van der Waals surface area contributed by atoms with Crippen LogP contribution in [-0.4, -0.2) is 74.5 Å². The number of ether oxygens (including phenoxy) is 7. The molecule has 0 radical (unpaired) electrons. The van der Waals surface area contributed by atoms with Gasteiger partial charge in [0.05, 0.1) is 33.5 Å². The number of hydrogen-bond acceptors (Lipinski definition) is 10. The zero-order valence-corrected chi connectivity index (χ0v) is 27.5. The Morgan fingerprint density at radius 2 is 1.42 bits per heavy atom. The third-order valence-electron chi connectivity index (χ3n) is 8.25. The molecule has 1 saturated heterocycles. The standard InChI is InChI=1S/C36H40N2O10/c1-23(31-32(46-24(2)39)33(45-22-21-42-3)34(47-31)38-20-19-30(40)37-35(38)41)48-36(25-9-7-6-8-10-25,26-11-15-28(43-4)16-12-26)27-13-17-29(44-5)18-14-27/h6-20,23,31-34H,21-22H2,1-5H3,(H,37,40,41)/t23-,31+,32+,33+,34+/m0/s1. The van der Waals surface area contributed by atoms with Gasteiger partial charge in [-0.1, -0.05) is 54.6 Å². The van der Waals surface area contributed by atoms with Gasteiger partial charge >= 0.3 is 11.7 Å². The van der Waals surface area contributed by atoms with E-state index in [9.17, 15) is 14.4 Å². The summed E-state index contributed by atoms with van der Waals surface area (Å²) in [5.41, 5.74) is -0.107. The second kappa shape index (κ2) is 15.4. The number of benzene rings is 3. The van der Waals surface area contributed by atoms with E-state index in [1.807, 2.05) is 85.8 Å². The van der Waals surface area contributed by atoms with Crippen LogP contribution in [0.3, 0.4) is 0 Å². The van der Waals surface area contributed by atoms with E-state index in [1.54, 1.807) is 14.2 Å². The molecule has 5 atom stereocenters. The molecule has 48 heavy (non-hydrogen) atoms. The highest BCUT2D eigenvalue weighted by Gasteiger charge is 2.53. The number of carbonyl (C=O) groups is 1. The highest BCUT2D eigenvalue weighted by atomic mass is 16.6. The van der Waals surface area contributed by atoms with Crippen LogP contribution in [0.2, 0.25) is 0 Å². The van der Waals surface area contributed by atoms with Crippen molar-refractivity contribution in [3.05, 3.63) is 129 Å². The Morgan fingerprint density at radius 3 is 1.94 bits per heavy atom. The lowest BCUT2D eigenvalue weighted by Gasteiger charge is -2.40. The lowest BCUT2D eigenvalue weighted by molar-refractivity contribution is -0.165. The largest absolute Gasteiger partial charge is 0.497 e. The number of nitrogens with zero attached hydrogens (tertiary/aromatic N) is 1. The van der Waals surface area contributed by atoms with Crippen molar-refractivity contribution in [2.75, 3.05) is 34.5 Å². The zero-order chi connectivity index (χ0) is 34.3. The summed E-state index contributed by atoms with van der Waals surface area (Å²) in [5.74, 6) is 0.765. The number of H-pyrrole nitrogens is 1. The van der Waals surface area contributed by atoms with E-state index in [0.717, 1.165) is 16.7 Å². The molecule has 0 aliphatic carbocycles.